The molecule has 98 valence electrons. The van der Waals surface area contributed by atoms with E-state index in [2.05, 4.69) is 19.9 Å². The van der Waals surface area contributed by atoms with Crippen molar-refractivity contribution >= 4 is 11.6 Å². The number of benzene rings is 1. The Labute approximate surface area is 109 Å². The molecule has 1 aliphatic heterocycles. The fourth-order valence-corrected chi connectivity index (χ4v) is 2.56. The zero-order valence-electron chi connectivity index (χ0n) is 11.4. The molecule has 0 saturated heterocycles. The Morgan fingerprint density at radius 2 is 2.17 bits per heavy atom. The molecular formula is C15H22N2O. The van der Waals surface area contributed by atoms with Crippen molar-refractivity contribution in [3.63, 3.8) is 0 Å². The van der Waals surface area contributed by atoms with Crippen LogP contribution in [0.3, 0.4) is 0 Å². The monoisotopic (exact) mass is 246 g/mol. The Hall–Kier alpha value is -1.35. The van der Waals surface area contributed by atoms with Gasteiger partial charge in [0.2, 0.25) is 5.91 Å². The second kappa shape index (κ2) is 5.11. The molecule has 3 heteroatoms. The number of fused-ring (bicyclic) bond motifs is 1. The second-order valence-corrected chi connectivity index (χ2v) is 5.30. The summed E-state index contributed by atoms with van der Waals surface area (Å²) in [5.41, 5.74) is 8.36. The van der Waals surface area contributed by atoms with Gasteiger partial charge in [0.25, 0.3) is 0 Å². The smallest absolute Gasteiger partial charge is 0.244 e. The summed E-state index contributed by atoms with van der Waals surface area (Å²) in [6.45, 7) is 6.19. The molecule has 1 heterocycles. The van der Waals surface area contributed by atoms with Crippen molar-refractivity contribution in [1.29, 1.82) is 0 Å². The van der Waals surface area contributed by atoms with Gasteiger partial charge in [0.05, 0.1) is 6.04 Å². The van der Waals surface area contributed by atoms with Crippen LogP contribution >= 0.6 is 0 Å². The molecule has 1 aromatic rings. The summed E-state index contributed by atoms with van der Waals surface area (Å²) < 4.78 is 0. The number of nitrogens with zero attached hydrogens (tertiary/aromatic N) is 1. The number of hydrogen-bond acceptors (Lipinski definition) is 2. The molecule has 1 aliphatic rings. The van der Waals surface area contributed by atoms with E-state index in [1.165, 1.54) is 5.56 Å². The van der Waals surface area contributed by atoms with Crippen molar-refractivity contribution in [2.75, 3.05) is 4.90 Å². The van der Waals surface area contributed by atoms with Crippen LogP contribution in [0.5, 0.6) is 0 Å². The summed E-state index contributed by atoms with van der Waals surface area (Å²) in [6.07, 6.45) is 1.85. The van der Waals surface area contributed by atoms with Crippen LogP contribution in [-0.2, 0) is 11.2 Å². The van der Waals surface area contributed by atoms with Gasteiger partial charge in [0.15, 0.2) is 0 Å². The molecule has 1 aromatic carbocycles. The van der Waals surface area contributed by atoms with Crippen molar-refractivity contribution < 1.29 is 4.79 Å². The van der Waals surface area contributed by atoms with Crippen molar-refractivity contribution in [3.05, 3.63) is 29.8 Å². The molecule has 0 saturated carbocycles. The zero-order valence-corrected chi connectivity index (χ0v) is 11.4. The molecule has 3 nitrogen and oxygen atoms in total. The van der Waals surface area contributed by atoms with Gasteiger partial charge in [-0.25, -0.2) is 0 Å². The van der Waals surface area contributed by atoms with Crippen molar-refractivity contribution in [2.24, 2.45) is 11.7 Å². The van der Waals surface area contributed by atoms with Gasteiger partial charge in [-0.2, -0.15) is 0 Å². The topological polar surface area (TPSA) is 46.3 Å². The van der Waals surface area contributed by atoms with E-state index in [0.717, 1.165) is 18.5 Å². The maximum atomic E-state index is 12.5. The quantitative estimate of drug-likeness (QED) is 0.889. The number of nitrogens with two attached hydrogens (primary N) is 1. The number of amides is 1. The van der Waals surface area contributed by atoms with Gasteiger partial charge in [-0.15, -0.1) is 0 Å². The maximum Gasteiger partial charge on any atom is 0.244 e. The van der Waals surface area contributed by atoms with Gasteiger partial charge < -0.3 is 10.6 Å². The highest BCUT2D eigenvalue weighted by Gasteiger charge is 2.34. The van der Waals surface area contributed by atoms with Crippen LogP contribution in [0.2, 0.25) is 0 Å². The fourth-order valence-electron chi connectivity index (χ4n) is 2.56. The highest BCUT2D eigenvalue weighted by molar-refractivity contribution is 5.99. The van der Waals surface area contributed by atoms with Crippen LogP contribution in [0.4, 0.5) is 5.69 Å². The fraction of sp³-hybridized carbons (Fsp3) is 0.533. The molecule has 2 N–H and O–H groups in total. The Morgan fingerprint density at radius 3 is 2.83 bits per heavy atom. The lowest BCUT2D eigenvalue weighted by Crippen LogP contribution is -2.49. The number of carbonyl (C=O) groups is 1. The van der Waals surface area contributed by atoms with E-state index in [1.54, 1.807) is 0 Å². The number of rotatable bonds is 3. The normalized spacial score (nSPS) is 21.6. The third-order valence-corrected chi connectivity index (χ3v) is 3.99. The lowest BCUT2D eigenvalue weighted by molar-refractivity contribution is -0.121. The minimum atomic E-state index is -0.399. The molecule has 1 amide bonds. The lowest BCUT2D eigenvalue weighted by atomic mass is 9.98. The van der Waals surface area contributed by atoms with E-state index >= 15 is 0 Å². The van der Waals surface area contributed by atoms with Crippen molar-refractivity contribution in [1.82, 2.24) is 0 Å². The molecule has 0 bridgehead atoms. The summed E-state index contributed by atoms with van der Waals surface area (Å²) in [7, 11) is 0. The standard InChI is InChI=1S/C15H22N2O/c1-4-10(2)14(16)15(18)17-11(3)9-12-7-5-6-8-13(12)17/h5-8,10-11,14H,4,9,16H2,1-3H3/t10?,11?,14-/m0/s1. The average Bonchev–Trinajstić information content (AvgIpc) is 2.71. The van der Waals surface area contributed by atoms with Crippen LogP contribution in [-0.4, -0.2) is 18.0 Å². The molecular weight excluding hydrogens is 224 g/mol. The van der Waals surface area contributed by atoms with Gasteiger partial charge >= 0.3 is 0 Å². The first-order chi connectivity index (χ1) is 8.56. The minimum absolute atomic E-state index is 0.0572. The van der Waals surface area contributed by atoms with E-state index in [0.29, 0.717) is 0 Å². The number of anilines is 1. The SMILES string of the molecule is CCC(C)[C@H](N)C(=O)N1c2ccccc2CC1C. The maximum absolute atomic E-state index is 12.5. The summed E-state index contributed by atoms with van der Waals surface area (Å²) in [5.74, 6) is 0.277. The zero-order chi connectivity index (χ0) is 13.3. The third-order valence-electron chi connectivity index (χ3n) is 3.99. The first-order valence-corrected chi connectivity index (χ1v) is 6.72. The van der Waals surface area contributed by atoms with Gasteiger partial charge in [-0.1, -0.05) is 38.5 Å². The van der Waals surface area contributed by atoms with Gasteiger partial charge in [-0.05, 0) is 30.9 Å². The number of hydrogen-bond donors (Lipinski definition) is 1. The highest BCUT2D eigenvalue weighted by atomic mass is 16.2. The van der Waals surface area contributed by atoms with Crippen LogP contribution in [0.1, 0.15) is 32.8 Å². The first kappa shape index (κ1) is 13.1. The molecule has 0 radical (unpaired) electrons. The van der Waals surface area contributed by atoms with Crippen LogP contribution in [0, 0.1) is 5.92 Å². The Bertz CT molecular complexity index is 444. The molecule has 0 fully saturated rings. The summed E-state index contributed by atoms with van der Waals surface area (Å²) in [4.78, 5) is 14.4. The summed E-state index contributed by atoms with van der Waals surface area (Å²) >= 11 is 0. The molecule has 0 aromatic heterocycles. The number of para-hydroxylation sites is 1. The van der Waals surface area contributed by atoms with Gasteiger partial charge in [0.1, 0.15) is 0 Å². The Morgan fingerprint density at radius 1 is 1.50 bits per heavy atom. The highest BCUT2D eigenvalue weighted by Crippen LogP contribution is 2.32. The molecule has 18 heavy (non-hydrogen) atoms. The van der Waals surface area contributed by atoms with E-state index in [4.69, 9.17) is 5.73 Å². The largest absolute Gasteiger partial charge is 0.320 e. The molecule has 0 spiro atoms. The molecule has 2 unspecified atom stereocenters. The number of carbonyl (C=O) groups excluding carboxylic acids is 1. The van der Waals surface area contributed by atoms with E-state index in [-0.39, 0.29) is 17.9 Å². The molecule has 0 aliphatic carbocycles. The van der Waals surface area contributed by atoms with Crippen LogP contribution < -0.4 is 10.6 Å². The van der Waals surface area contributed by atoms with Crippen molar-refractivity contribution in [2.45, 2.75) is 45.7 Å². The van der Waals surface area contributed by atoms with Crippen molar-refractivity contribution in [3.8, 4) is 0 Å². The lowest BCUT2D eigenvalue weighted by Gasteiger charge is -2.28. The molecule has 3 atom stereocenters. The predicted octanol–water partition coefficient (Wildman–Crippen LogP) is 2.34. The second-order valence-electron chi connectivity index (χ2n) is 5.30. The Kier molecular flexibility index (Phi) is 3.71. The van der Waals surface area contributed by atoms with E-state index in [1.807, 2.05) is 30.0 Å². The van der Waals surface area contributed by atoms with E-state index in [9.17, 15) is 4.79 Å². The van der Waals surface area contributed by atoms with Gasteiger partial charge in [0, 0.05) is 11.7 Å². The average molecular weight is 246 g/mol. The first-order valence-electron chi connectivity index (χ1n) is 6.72. The molecule has 2 rings (SSSR count). The van der Waals surface area contributed by atoms with Gasteiger partial charge in [-0.3, -0.25) is 4.79 Å². The third kappa shape index (κ3) is 2.15. The van der Waals surface area contributed by atoms with E-state index < -0.39 is 6.04 Å². The summed E-state index contributed by atoms with van der Waals surface area (Å²) in [5, 5.41) is 0. The summed E-state index contributed by atoms with van der Waals surface area (Å²) in [6, 6.07) is 7.92. The van der Waals surface area contributed by atoms with Crippen LogP contribution in [0.15, 0.2) is 24.3 Å². The Balaban J connectivity index is 2.26. The predicted molar refractivity (Wildman–Crippen MR) is 74.5 cm³/mol. The van der Waals surface area contributed by atoms with Crippen LogP contribution in [0.25, 0.3) is 0 Å². The minimum Gasteiger partial charge on any atom is -0.320 e.